The number of esters is 1. The summed E-state index contributed by atoms with van der Waals surface area (Å²) < 4.78 is 41.6. The summed E-state index contributed by atoms with van der Waals surface area (Å²) in [6.45, 7) is 0. The lowest BCUT2D eigenvalue weighted by Crippen LogP contribution is -2.10. The molecule has 0 spiro atoms. The van der Waals surface area contributed by atoms with E-state index in [-0.39, 0.29) is 12.1 Å². The van der Waals surface area contributed by atoms with Gasteiger partial charge in [0.25, 0.3) is 0 Å². The molecule has 0 saturated carbocycles. The summed E-state index contributed by atoms with van der Waals surface area (Å²) in [6, 6.07) is 0.735. The van der Waals surface area contributed by atoms with Crippen LogP contribution in [0.15, 0.2) is 12.3 Å². The maximum Gasteiger partial charge on any atom is 0.417 e. The zero-order chi connectivity index (χ0) is 12.3. The maximum atomic E-state index is 12.4. The number of rotatable bonds is 2. The quantitative estimate of drug-likeness (QED) is 0.760. The van der Waals surface area contributed by atoms with Crippen LogP contribution in [-0.4, -0.2) is 18.1 Å². The average molecular weight is 254 g/mol. The van der Waals surface area contributed by atoms with Crippen LogP contribution in [0.3, 0.4) is 0 Å². The van der Waals surface area contributed by atoms with Crippen molar-refractivity contribution in [3.8, 4) is 0 Å². The highest BCUT2D eigenvalue weighted by atomic mass is 35.5. The van der Waals surface area contributed by atoms with E-state index in [0.717, 1.165) is 19.4 Å². The molecule has 0 aliphatic rings. The van der Waals surface area contributed by atoms with Gasteiger partial charge in [-0.1, -0.05) is 11.6 Å². The van der Waals surface area contributed by atoms with Crippen LogP contribution in [0.2, 0.25) is 5.02 Å². The molecule has 1 aromatic rings. The van der Waals surface area contributed by atoms with E-state index >= 15 is 0 Å². The molecule has 0 aromatic carbocycles. The average Bonchev–Trinajstić information content (AvgIpc) is 2.19. The molecular formula is C9H7ClF3NO2. The molecule has 1 heterocycles. The lowest BCUT2D eigenvalue weighted by atomic mass is 10.2. The molecule has 88 valence electrons. The van der Waals surface area contributed by atoms with Gasteiger partial charge in [-0.25, -0.2) is 0 Å². The summed E-state index contributed by atoms with van der Waals surface area (Å²) in [6.07, 6.45) is -4.02. The van der Waals surface area contributed by atoms with Crippen LogP contribution in [-0.2, 0) is 22.1 Å². The number of halogens is 4. The first kappa shape index (κ1) is 12.8. The Labute approximate surface area is 94.2 Å². The molecule has 0 saturated heterocycles. The standard InChI is InChI=1S/C9H7ClF3NO2/c1-16-8(15)3-5-2-6(9(11,12)13)7(10)4-14-5/h2,4H,3H2,1H3. The van der Waals surface area contributed by atoms with Gasteiger partial charge >= 0.3 is 12.1 Å². The zero-order valence-electron chi connectivity index (χ0n) is 8.14. The van der Waals surface area contributed by atoms with Crippen LogP contribution in [0.25, 0.3) is 0 Å². The number of hydrogen-bond acceptors (Lipinski definition) is 3. The van der Waals surface area contributed by atoms with Crippen molar-refractivity contribution in [2.45, 2.75) is 12.6 Å². The number of alkyl halides is 3. The highest BCUT2D eigenvalue weighted by molar-refractivity contribution is 6.31. The first-order valence-electron chi connectivity index (χ1n) is 4.13. The monoisotopic (exact) mass is 253 g/mol. The van der Waals surface area contributed by atoms with Gasteiger partial charge in [-0.2, -0.15) is 13.2 Å². The maximum absolute atomic E-state index is 12.4. The molecular weight excluding hydrogens is 247 g/mol. The number of ether oxygens (including phenoxy) is 1. The van der Waals surface area contributed by atoms with Gasteiger partial charge in [-0.3, -0.25) is 9.78 Å². The summed E-state index contributed by atoms with van der Waals surface area (Å²) >= 11 is 5.35. The smallest absolute Gasteiger partial charge is 0.417 e. The van der Waals surface area contributed by atoms with Crippen molar-refractivity contribution < 1.29 is 22.7 Å². The minimum absolute atomic E-state index is 0.0384. The van der Waals surface area contributed by atoms with Crippen LogP contribution in [0.4, 0.5) is 13.2 Å². The van der Waals surface area contributed by atoms with Gasteiger partial charge in [0.05, 0.1) is 29.8 Å². The molecule has 0 aliphatic heterocycles. The third-order valence-corrected chi connectivity index (χ3v) is 2.07. The number of hydrogen-bond donors (Lipinski definition) is 0. The van der Waals surface area contributed by atoms with Crippen LogP contribution < -0.4 is 0 Å². The van der Waals surface area contributed by atoms with Crippen molar-refractivity contribution in [3.63, 3.8) is 0 Å². The topological polar surface area (TPSA) is 39.2 Å². The van der Waals surface area contributed by atoms with Crippen molar-refractivity contribution in [3.05, 3.63) is 28.5 Å². The number of carbonyl (C=O) groups is 1. The summed E-state index contributed by atoms with van der Waals surface area (Å²) in [5.41, 5.74) is -1.05. The van der Waals surface area contributed by atoms with Gasteiger partial charge in [0.2, 0.25) is 0 Å². The fourth-order valence-electron chi connectivity index (χ4n) is 1.02. The molecule has 0 atom stereocenters. The predicted molar refractivity (Wildman–Crippen MR) is 50.0 cm³/mol. The third kappa shape index (κ3) is 3.10. The fraction of sp³-hybridized carbons (Fsp3) is 0.333. The minimum atomic E-state index is -4.56. The molecule has 0 amide bonds. The molecule has 0 aliphatic carbocycles. The Bertz CT molecular complexity index is 406. The summed E-state index contributed by atoms with van der Waals surface area (Å²) in [4.78, 5) is 14.5. The predicted octanol–water partition coefficient (Wildman–Crippen LogP) is 2.47. The summed E-state index contributed by atoms with van der Waals surface area (Å²) in [5.74, 6) is -0.664. The van der Waals surface area contributed by atoms with E-state index in [1.54, 1.807) is 0 Å². The molecule has 0 radical (unpaired) electrons. The van der Waals surface area contributed by atoms with Gasteiger partial charge in [-0.15, -0.1) is 0 Å². The lowest BCUT2D eigenvalue weighted by molar-refractivity contribution is -0.140. The zero-order valence-corrected chi connectivity index (χ0v) is 8.89. The molecule has 3 nitrogen and oxygen atoms in total. The molecule has 0 bridgehead atoms. The number of pyridine rings is 1. The van der Waals surface area contributed by atoms with Crippen molar-refractivity contribution >= 4 is 17.6 Å². The van der Waals surface area contributed by atoms with Gasteiger partial charge in [0.1, 0.15) is 0 Å². The molecule has 1 aromatic heterocycles. The molecule has 16 heavy (non-hydrogen) atoms. The Balaban J connectivity index is 3.03. The largest absolute Gasteiger partial charge is 0.469 e. The number of nitrogens with zero attached hydrogens (tertiary/aromatic N) is 1. The lowest BCUT2D eigenvalue weighted by Gasteiger charge is -2.09. The van der Waals surface area contributed by atoms with E-state index in [9.17, 15) is 18.0 Å². The molecule has 0 N–H and O–H groups in total. The Morgan fingerprint density at radius 3 is 2.69 bits per heavy atom. The molecule has 1 rings (SSSR count). The van der Waals surface area contributed by atoms with Crippen molar-refractivity contribution in [1.82, 2.24) is 4.98 Å². The van der Waals surface area contributed by atoms with Crippen LogP contribution >= 0.6 is 11.6 Å². The highest BCUT2D eigenvalue weighted by Gasteiger charge is 2.33. The van der Waals surface area contributed by atoms with Crippen molar-refractivity contribution in [2.24, 2.45) is 0 Å². The molecule has 7 heteroatoms. The van der Waals surface area contributed by atoms with E-state index in [0.29, 0.717) is 0 Å². The normalized spacial score (nSPS) is 11.3. The van der Waals surface area contributed by atoms with Crippen molar-refractivity contribution in [2.75, 3.05) is 7.11 Å². The Kier molecular flexibility index (Phi) is 3.74. The number of methoxy groups -OCH3 is 1. The van der Waals surface area contributed by atoms with Gasteiger partial charge in [0, 0.05) is 6.20 Å². The number of aromatic nitrogens is 1. The Hall–Kier alpha value is -1.30. The molecule has 0 unspecified atom stereocenters. The van der Waals surface area contributed by atoms with E-state index in [4.69, 9.17) is 11.6 Å². The first-order chi connectivity index (χ1) is 7.34. The van der Waals surface area contributed by atoms with E-state index in [1.165, 1.54) is 0 Å². The molecule has 0 fully saturated rings. The summed E-state index contributed by atoms with van der Waals surface area (Å²) in [7, 11) is 1.14. The van der Waals surface area contributed by atoms with E-state index in [2.05, 4.69) is 9.72 Å². The van der Waals surface area contributed by atoms with Gasteiger partial charge in [0.15, 0.2) is 0 Å². The first-order valence-corrected chi connectivity index (χ1v) is 4.51. The second-order valence-corrected chi connectivity index (χ2v) is 3.31. The Morgan fingerprint density at radius 2 is 2.19 bits per heavy atom. The number of carbonyl (C=O) groups excluding carboxylic acids is 1. The van der Waals surface area contributed by atoms with Gasteiger partial charge in [-0.05, 0) is 6.07 Å². The van der Waals surface area contributed by atoms with Crippen LogP contribution in [0.5, 0.6) is 0 Å². The van der Waals surface area contributed by atoms with E-state index < -0.39 is 22.7 Å². The Morgan fingerprint density at radius 1 is 1.56 bits per heavy atom. The fourth-order valence-corrected chi connectivity index (χ4v) is 1.23. The second kappa shape index (κ2) is 4.69. The SMILES string of the molecule is COC(=O)Cc1cc(C(F)(F)F)c(Cl)cn1. The minimum Gasteiger partial charge on any atom is -0.469 e. The van der Waals surface area contributed by atoms with Crippen molar-refractivity contribution in [1.29, 1.82) is 0 Å². The van der Waals surface area contributed by atoms with E-state index in [1.807, 2.05) is 0 Å². The third-order valence-electron chi connectivity index (χ3n) is 1.77. The van der Waals surface area contributed by atoms with Crippen LogP contribution in [0.1, 0.15) is 11.3 Å². The summed E-state index contributed by atoms with van der Waals surface area (Å²) in [5, 5.41) is -0.499. The van der Waals surface area contributed by atoms with Gasteiger partial charge < -0.3 is 4.74 Å². The highest BCUT2D eigenvalue weighted by Crippen LogP contribution is 2.34. The second-order valence-electron chi connectivity index (χ2n) is 2.91. The van der Waals surface area contributed by atoms with Crippen LogP contribution in [0, 0.1) is 0 Å².